The van der Waals surface area contributed by atoms with Gasteiger partial charge in [-0.25, -0.2) is 4.98 Å². The van der Waals surface area contributed by atoms with Crippen LogP contribution in [0.15, 0.2) is 58.0 Å². The minimum Gasteiger partial charge on any atom is -0.508 e. The Hall–Kier alpha value is -3.53. The number of hydrogen-bond donors (Lipinski definition) is 3. The molecule has 0 bridgehead atoms. The first-order valence-electron chi connectivity index (χ1n) is 8.59. The second-order valence-electron chi connectivity index (χ2n) is 6.11. The highest BCUT2D eigenvalue weighted by Gasteiger charge is 2.24. The minimum absolute atomic E-state index is 0.00485. The fourth-order valence-corrected chi connectivity index (χ4v) is 3.86. The lowest BCUT2D eigenvalue weighted by atomic mass is 9.97. The number of aromatic amines is 1. The molecule has 0 atom stereocenters. The lowest BCUT2D eigenvalue weighted by Crippen LogP contribution is -2.20. The summed E-state index contributed by atoms with van der Waals surface area (Å²) in [5.41, 5.74) is 7.71. The number of benzene rings is 2. The van der Waals surface area contributed by atoms with Crippen LogP contribution in [0, 0.1) is 22.7 Å². The van der Waals surface area contributed by atoms with Crippen LogP contribution >= 0.6 is 27.7 Å². The maximum absolute atomic E-state index is 12.3. The largest absolute Gasteiger partial charge is 0.508 e. The summed E-state index contributed by atoms with van der Waals surface area (Å²) >= 11 is 4.43. The lowest BCUT2D eigenvalue weighted by Gasteiger charge is -2.10. The smallest absolute Gasteiger partial charge is 0.289 e. The zero-order valence-corrected chi connectivity index (χ0v) is 17.8. The van der Waals surface area contributed by atoms with Crippen LogP contribution in [-0.4, -0.2) is 16.8 Å². The van der Waals surface area contributed by atoms with Gasteiger partial charge < -0.3 is 10.4 Å². The Bertz CT molecular complexity index is 1200. The zero-order chi connectivity index (χ0) is 21.7. The van der Waals surface area contributed by atoms with E-state index in [4.69, 9.17) is 5.73 Å². The van der Waals surface area contributed by atoms with Gasteiger partial charge in [-0.1, -0.05) is 39.8 Å². The van der Waals surface area contributed by atoms with E-state index in [2.05, 4.69) is 32.3 Å². The first kappa shape index (κ1) is 21.2. The molecule has 1 aromatic heterocycles. The number of pyridine rings is 1. The number of carbonyl (C=O) groups is 1. The van der Waals surface area contributed by atoms with Crippen LogP contribution in [-0.2, 0) is 4.79 Å². The molecule has 0 spiro atoms. The van der Waals surface area contributed by atoms with Crippen molar-refractivity contribution in [3.8, 4) is 29.0 Å². The molecule has 0 radical (unpaired) electrons. The van der Waals surface area contributed by atoms with Crippen molar-refractivity contribution in [2.45, 2.75) is 5.03 Å². The number of nitrogen functional groups attached to an aromatic ring is 1. The number of aromatic nitrogens is 1. The van der Waals surface area contributed by atoms with Crippen molar-refractivity contribution in [3.05, 3.63) is 64.1 Å². The van der Waals surface area contributed by atoms with Gasteiger partial charge in [0, 0.05) is 15.7 Å². The SMILES string of the molecule is N#Cc1c(N)[nH+]c(SCC(=O)Nc2ccc(Br)cc2)c(C#N)c1-c1cccc(O)c1. The molecule has 0 unspecified atom stereocenters. The number of H-pyrrole nitrogens is 1. The van der Waals surface area contributed by atoms with Crippen molar-refractivity contribution in [2.75, 3.05) is 16.8 Å². The Labute approximate surface area is 185 Å². The zero-order valence-electron chi connectivity index (χ0n) is 15.4. The number of nitrogens with zero attached hydrogens (tertiary/aromatic N) is 2. The monoisotopic (exact) mass is 480 g/mol. The van der Waals surface area contributed by atoms with Crippen LogP contribution < -0.4 is 16.0 Å². The van der Waals surface area contributed by atoms with Gasteiger partial charge in [0.15, 0.2) is 5.03 Å². The van der Waals surface area contributed by atoms with Gasteiger partial charge in [-0.15, -0.1) is 0 Å². The van der Waals surface area contributed by atoms with Crippen LogP contribution in [0.2, 0.25) is 0 Å². The van der Waals surface area contributed by atoms with Crippen LogP contribution in [0.1, 0.15) is 11.1 Å². The van der Waals surface area contributed by atoms with Gasteiger partial charge in [0.25, 0.3) is 5.82 Å². The number of aromatic hydroxyl groups is 1. The van der Waals surface area contributed by atoms with E-state index in [0.29, 0.717) is 21.8 Å². The Morgan fingerprint density at radius 1 is 1.17 bits per heavy atom. The second-order valence-corrected chi connectivity index (χ2v) is 8.01. The van der Waals surface area contributed by atoms with Crippen LogP contribution in [0.3, 0.4) is 0 Å². The van der Waals surface area contributed by atoms with Gasteiger partial charge in [-0.2, -0.15) is 10.5 Å². The van der Waals surface area contributed by atoms with Gasteiger partial charge in [-0.3, -0.25) is 10.5 Å². The molecule has 148 valence electrons. The fraction of sp³-hybridized carbons (Fsp3) is 0.0476. The molecule has 1 amide bonds. The number of hydrogen-bond acceptors (Lipinski definition) is 6. The summed E-state index contributed by atoms with van der Waals surface area (Å²) in [5.74, 6) is -0.173. The Kier molecular flexibility index (Phi) is 6.58. The van der Waals surface area contributed by atoms with Gasteiger partial charge in [0.05, 0.1) is 5.75 Å². The number of nitriles is 2. The molecule has 0 aliphatic heterocycles. The third kappa shape index (κ3) is 4.71. The Morgan fingerprint density at radius 3 is 2.50 bits per heavy atom. The van der Waals surface area contributed by atoms with E-state index in [1.807, 2.05) is 18.2 Å². The van der Waals surface area contributed by atoms with E-state index in [9.17, 15) is 20.4 Å². The third-order valence-electron chi connectivity index (χ3n) is 4.08. The van der Waals surface area contributed by atoms with E-state index in [-0.39, 0.29) is 34.4 Å². The summed E-state index contributed by atoms with van der Waals surface area (Å²) in [5, 5.41) is 32.3. The van der Waals surface area contributed by atoms with E-state index in [1.54, 1.807) is 24.3 Å². The van der Waals surface area contributed by atoms with E-state index in [1.165, 1.54) is 12.1 Å². The van der Waals surface area contributed by atoms with Crippen molar-refractivity contribution < 1.29 is 14.9 Å². The normalized spacial score (nSPS) is 10.1. The Morgan fingerprint density at radius 2 is 1.87 bits per heavy atom. The predicted octanol–water partition coefficient (Wildman–Crippen LogP) is 3.69. The summed E-state index contributed by atoms with van der Waals surface area (Å²) in [6.07, 6.45) is 0. The number of rotatable bonds is 5. The topological polar surface area (TPSA) is 137 Å². The Balaban J connectivity index is 1.92. The maximum atomic E-state index is 12.3. The summed E-state index contributed by atoms with van der Waals surface area (Å²) in [6, 6.07) is 17.5. The standard InChI is InChI=1S/C21H14BrN5O2S/c22-13-4-6-14(7-5-13)26-18(29)11-30-21-17(10-24)19(16(9-23)20(25)27-21)12-2-1-3-15(28)8-12/h1-8,28H,11H2,(H2,25,27)(H,26,29)/p+1. The second kappa shape index (κ2) is 9.31. The molecular formula is C21H15BrN5O2S+. The molecule has 7 nitrogen and oxygen atoms in total. The first-order valence-corrected chi connectivity index (χ1v) is 10.4. The summed E-state index contributed by atoms with van der Waals surface area (Å²) in [7, 11) is 0. The first-order chi connectivity index (χ1) is 14.4. The van der Waals surface area contributed by atoms with E-state index in [0.717, 1.165) is 16.2 Å². The molecule has 0 aliphatic rings. The van der Waals surface area contributed by atoms with Crippen LogP contribution in [0.25, 0.3) is 11.1 Å². The number of phenols is 1. The molecule has 2 aromatic carbocycles. The number of phenolic OH excluding ortho intramolecular Hbond substituents is 1. The molecule has 3 rings (SSSR count). The lowest BCUT2D eigenvalue weighted by molar-refractivity contribution is -0.410. The molecule has 3 aromatic rings. The van der Waals surface area contributed by atoms with Gasteiger partial charge in [0.2, 0.25) is 5.91 Å². The summed E-state index contributed by atoms with van der Waals surface area (Å²) in [6.45, 7) is 0. The van der Waals surface area contributed by atoms with Gasteiger partial charge in [0.1, 0.15) is 29.0 Å². The maximum Gasteiger partial charge on any atom is 0.289 e. The number of anilines is 2. The molecule has 9 heteroatoms. The molecule has 30 heavy (non-hydrogen) atoms. The number of nitrogens with one attached hydrogen (secondary N) is 2. The molecule has 0 saturated heterocycles. The van der Waals surface area contributed by atoms with Crippen molar-refractivity contribution in [2.24, 2.45) is 0 Å². The summed E-state index contributed by atoms with van der Waals surface area (Å²) < 4.78 is 0.899. The van der Waals surface area contributed by atoms with Crippen molar-refractivity contribution >= 4 is 45.1 Å². The van der Waals surface area contributed by atoms with Crippen LogP contribution in [0.4, 0.5) is 11.5 Å². The number of nitrogens with two attached hydrogens (primary N) is 1. The fourth-order valence-electron chi connectivity index (χ4n) is 2.77. The molecular weight excluding hydrogens is 466 g/mol. The van der Waals surface area contributed by atoms with Crippen LogP contribution in [0.5, 0.6) is 5.75 Å². The minimum atomic E-state index is -0.263. The highest BCUT2D eigenvalue weighted by molar-refractivity contribution is 9.10. The predicted molar refractivity (Wildman–Crippen MR) is 117 cm³/mol. The number of thioether (sulfide) groups is 1. The molecule has 0 saturated carbocycles. The van der Waals surface area contributed by atoms with Crippen molar-refractivity contribution in [1.82, 2.24) is 0 Å². The quantitative estimate of drug-likeness (QED) is 0.476. The van der Waals surface area contributed by atoms with Crippen molar-refractivity contribution in [3.63, 3.8) is 0 Å². The van der Waals surface area contributed by atoms with Gasteiger partial charge in [-0.05, 0) is 42.0 Å². The highest BCUT2D eigenvalue weighted by atomic mass is 79.9. The molecule has 0 fully saturated rings. The number of amides is 1. The summed E-state index contributed by atoms with van der Waals surface area (Å²) in [4.78, 5) is 15.2. The molecule has 1 heterocycles. The van der Waals surface area contributed by atoms with E-state index < -0.39 is 0 Å². The average molecular weight is 481 g/mol. The van der Waals surface area contributed by atoms with E-state index >= 15 is 0 Å². The number of carbonyl (C=O) groups excluding carboxylic acids is 1. The highest BCUT2D eigenvalue weighted by Crippen LogP contribution is 2.34. The molecule has 0 aliphatic carbocycles. The average Bonchev–Trinajstić information content (AvgIpc) is 2.73. The van der Waals surface area contributed by atoms with Crippen molar-refractivity contribution in [1.29, 1.82) is 10.5 Å². The number of halogens is 1. The molecule has 5 N–H and O–H groups in total. The third-order valence-corrected chi connectivity index (χ3v) is 5.61. The van der Waals surface area contributed by atoms with Gasteiger partial charge >= 0.3 is 0 Å².